The molecule has 2 heterocycles. The molecule has 0 atom stereocenters. The smallest absolute Gasteiger partial charge is 0.126 e. The maximum atomic E-state index is 8.69. The molecule has 0 amide bonds. The average molecular weight is 342 g/mol. The summed E-state index contributed by atoms with van der Waals surface area (Å²) in [5.74, 6) is 0.872. The maximum Gasteiger partial charge on any atom is 0.126 e. The van der Waals surface area contributed by atoms with Gasteiger partial charge in [-0.05, 0) is 25.0 Å². The van der Waals surface area contributed by atoms with Gasteiger partial charge in [-0.25, -0.2) is 4.98 Å². The van der Waals surface area contributed by atoms with Crippen molar-refractivity contribution in [3.63, 3.8) is 0 Å². The van der Waals surface area contributed by atoms with Crippen molar-refractivity contribution in [2.24, 2.45) is 0 Å². The number of nitriles is 1. The molecule has 4 nitrogen and oxygen atoms in total. The van der Waals surface area contributed by atoms with Gasteiger partial charge >= 0.3 is 0 Å². The number of alkyl halides is 1. The number of halogens is 1. The van der Waals surface area contributed by atoms with E-state index < -0.39 is 0 Å². The van der Waals surface area contributed by atoms with Crippen LogP contribution in [0.4, 0.5) is 5.82 Å². The van der Waals surface area contributed by atoms with E-state index in [1.807, 2.05) is 6.07 Å². The van der Waals surface area contributed by atoms with E-state index in [0.717, 1.165) is 36.3 Å². The lowest BCUT2D eigenvalue weighted by molar-refractivity contribution is 0.259. The summed E-state index contributed by atoms with van der Waals surface area (Å²) in [6.45, 7) is 2.30. The topological polar surface area (TPSA) is 52.0 Å². The summed E-state index contributed by atoms with van der Waals surface area (Å²) in [6.07, 6.45) is 3.93. The molecule has 0 saturated carbocycles. The molecule has 2 rings (SSSR count). The molecular formula is C12H15IN4. The van der Waals surface area contributed by atoms with Gasteiger partial charge in [-0.2, -0.15) is 5.26 Å². The third-order valence-corrected chi connectivity index (χ3v) is 3.97. The van der Waals surface area contributed by atoms with E-state index in [9.17, 15) is 0 Å². The highest BCUT2D eigenvalue weighted by atomic mass is 127. The van der Waals surface area contributed by atoms with Crippen molar-refractivity contribution >= 4 is 28.4 Å². The molecule has 5 heteroatoms. The normalized spacial score (nSPS) is 17.6. The zero-order valence-electron chi connectivity index (χ0n) is 9.56. The third kappa shape index (κ3) is 3.54. The van der Waals surface area contributed by atoms with E-state index in [2.05, 4.69) is 43.9 Å². The fraction of sp³-hybridized carbons (Fsp3) is 0.500. The van der Waals surface area contributed by atoms with Crippen LogP contribution >= 0.6 is 22.6 Å². The lowest BCUT2D eigenvalue weighted by Crippen LogP contribution is -2.38. The first kappa shape index (κ1) is 12.6. The molecule has 1 aromatic heterocycles. The van der Waals surface area contributed by atoms with Crippen LogP contribution in [0.5, 0.6) is 0 Å². The van der Waals surface area contributed by atoms with Crippen molar-refractivity contribution in [1.29, 1.82) is 5.26 Å². The third-order valence-electron chi connectivity index (χ3n) is 3.00. The second-order valence-electron chi connectivity index (χ2n) is 4.20. The van der Waals surface area contributed by atoms with E-state index in [1.165, 1.54) is 0 Å². The number of likely N-dealkylation sites (tertiary alicyclic amines) is 1. The predicted octanol–water partition coefficient (Wildman–Crippen LogP) is 2.22. The molecular weight excluding hydrogens is 327 g/mol. The van der Waals surface area contributed by atoms with Crippen LogP contribution in [0.2, 0.25) is 0 Å². The second-order valence-corrected chi connectivity index (χ2v) is 4.88. The highest BCUT2D eigenvalue weighted by Gasteiger charge is 2.18. The van der Waals surface area contributed by atoms with Gasteiger partial charge in [-0.15, -0.1) is 0 Å². The van der Waals surface area contributed by atoms with Crippen molar-refractivity contribution in [2.75, 3.05) is 23.0 Å². The van der Waals surface area contributed by atoms with Gasteiger partial charge in [0.15, 0.2) is 0 Å². The molecule has 90 valence electrons. The van der Waals surface area contributed by atoms with Crippen LogP contribution in [0.3, 0.4) is 0 Å². The van der Waals surface area contributed by atoms with Crippen LogP contribution in [0.25, 0.3) is 0 Å². The first-order valence-corrected chi connectivity index (χ1v) is 7.25. The Kier molecular flexibility index (Phi) is 4.57. The van der Waals surface area contributed by atoms with Crippen LogP contribution in [0.1, 0.15) is 18.4 Å². The lowest BCUT2D eigenvalue weighted by Gasteiger charge is -2.31. The highest BCUT2D eigenvalue weighted by molar-refractivity contribution is 14.1. The van der Waals surface area contributed by atoms with Gasteiger partial charge in [-0.3, -0.25) is 4.90 Å². The Balaban J connectivity index is 1.87. The number of nitrogens with zero attached hydrogens (tertiary/aromatic N) is 3. The SMILES string of the molecule is N#Cc1ccc(NC2CCN(CI)CC2)nc1. The Morgan fingerprint density at radius 1 is 1.47 bits per heavy atom. The minimum atomic E-state index is 0.509. The lowest BCUT2D eigenvalue weighted by atomic mass is 10.1. The van der Waals surface area contributed by atoms with Gasteiger partial charge in [0.1, 0.15) is 11.9 Å². The molecule has 1 aliphatic heterocycles. The summed E-state index contributed by atoms with van der Waals surface area (Å²) in [6, 6.07) is 6.26. The molecule has 1 saturated heterocycles. The zero-order valence-corrected chi connectivity index (χ0v) is 11.7. The summed E-state index contributed by atoms with van der Waals surface area (Å²) >= 11 is 2.41. The predicted molar refractivity (Wildman–Crippen MR) is 76.1 cm³/mol. The van der Waals surface area contributed by atoms with Crippen molar-refractivity contribution in [1.82, 2.24) is 9.88 Å². The molecule has 0 aromatic carbocycles. The largest absolute Gasteiger partial charge is 0.367 e. The number of nitrogens with one attached hydrogen (secondary N) is 1. The molecule has 0 aliphatic carbocycles. The summed E-state index contributed by atoms with van der Waals surface area (Å²) < 4.78 is 1.11. The van der Waals surface area contributed by atoms with E-state index in [1.54, 1.807) is 12.3 Å². The van der Waals surface area contributed by atoms with Gasteiger partial charge in [0.2, 0.25) is 0 Å². The van der Waals surface area contributed by atoms with Crippen LogP contribution in [0, 0.1) is 11.3 Å². The molecule has 1 fully saturated rings. The van der Waals surface area contributed by atoms with Crippen LogP contribution in [-0.2, 0) is 0 Å². The number of pyridine rings is 1. The molecule has 0 bridgehead atoms. The zero-order chi connectivity index (χ0) is 12.1. The fourth-order valence-electron chi connectivity index (χ4n) is 1.95. The number of piperidine rings is 1. The van der Waals surface area contributed by atoms with Crippen molar-refractivity contribution in [3.05, 3.63) is 23.9 Å². The Morgan fingerprint density at radius 2 is 2.24 bits per heavy atom. The highest BCUT2D eigenvalue weighted by Crippen LogP contribution is 2.15. The van der Waals surface area contributed by atoms with Crippen molar-refractivity contribution in [3.8, 4) is 6.07 Å². The van der Waals surface area contributed by atoms with Gasteiger partial charge in [0.05, 0.1) is 10.1 Å². The minimum Gasteiger partial charge on any atom is -0.367 e. The average Bonchev–Trinajstić information content (AvgIpc) is 2.40. The monoisotopic (exact) mass is 342 g/mol. The summed E-state index contributed by atoms with van der Waals surface area (Å²) in [5, 5.41) is 12.1. The summed E-state index contributed by atoms with van der Waals surface area (Å²) in [5.41, 5.74) is 0.607. The number of hydrogen-bond acceptors (Lipinski definition) is 4. The second kappa shape index (κ2) is 6.17. The van der Waals surface area contributed by atoms with E-state index in [0.29, 0.717) is 11.6 Å². The summed E-state index contributed by atoms with van der Waals surface area (Å²) in [7, 11) is 0. The number of anilines is 1. The van der Waals surface area contributed by atoms with Crippen molar-refractivity contribution in [2.45, 2.75) is 18.9 Å². The fourth-order valence-corrected chi connectivity index (χ4v) is 2.63. The number of rotatable bonds is 3. The first-order valence-electron chi connectivity index (χ1n) is 5.73. The van der Waals surface area contributed by atoms with Gasteiger partial charge < -0.3 is 5.32 Å². The maximum absolute atomic E-state index is 8.69. The molecule has 17 heavy (non-hydrogen) atoms. The van der Waals surface area contributed by atoms with Crippen LogP contribution in [-0.4, -0.2) is 33.6 Å². The number of hydrogen-bond donors (Lipinski definition) is 1. The van der Waals surface area contributed by atoms with E-state index in [-0.39, 0.29) is 0 Å². The van der Waals surface area contributed by atoms with Gasteiger partial charge in [0, 0.05) is 25.3 Å². The van der Waals surface area contributed by atoms with Crippen molar-refractivity contribution < 1.29 is 0 Å². The molecule has 1 aliphatic rings. The number of aromatic nitrogens is 1. The molecule has 1 N–H and O–H groups in total. The van der Waals surface area contributed by atoms with E-state index >= 15 is 0 Å². The van der Waals surface area contributed by atoms with Crippen LogP contribution < -0.4 is 5.32 Å². The van der Waals surface area contributed by atoms with Gasteiger partial charge in [0.25, 0.3) is 0 Å². The summed E-state index contributed by atoms with van der Waals surface area (Å²) in [4.78, 5) is 6.68. The van der Waals surface area contributed by atoms with Gasteiger partial charge in [-0.1, -0.05) is 22.6 Å². The molecule has 0 radical (unpaired) electrons. The van der Waals surface area contributed by atoms with E-state index in [4.69, 9.17) is 5.26 Å². The Labute approximate surface area is 115 Å². The quantitative estimate of drug-likeness (QED) is 0.520. The Morgan fingerprint density at radius 3 is 2.76 bits per heavy atom. The van der Waals surface area contributed by atoms with Crippen LogP contribution in [0.15, 0.2) is 18.3 Å². The Hall–Kier alpha value is -0.870. The molecule has 0 spiro atoms. The Bertz CT molecular complexity index is 390. The molecule has 0 unspecified atom stereocenters. The first-order chi connectivity index (χ1) is 8.31. The molecule has 1 aromatic rings. The minimum absolute atomic E-state index is 0.509. The standard InChI is InChI=1S/C12H15IN4/c13-9-17-5-3-11(4-6-17)16-12-2-1-10(7-14)8-15-12/h1-2,8,11H,3-6,9H2,(H,15,16).